The Labute approximate surface area is 94.3 Å². The maximum atomic E-state index is 10.7. The predicted molar refractivity (Wildman–Crippen MR) is 55.0 cm³/mol. The number of hydrogen-bond acceptors (Lipinski definition) is 5. The maximum absolute atomic E-state index is 10.7. The van der Waals surface area contributed by atoms with E-state index in [9.17, 15) is 14.9 Å². The molecule has 0 aromatic carbocycles. The zero-order chi connectivity index (χ0) is 12.4. The third kappa shape index (κ3) is 1.95. The van der Waals surface area contributed by atoms with Gasteiger partial charge < -0.3 is 5.11 Å². The molecule has 0 radical (unpaired) electrons. The minimum Gasteiger partial charge on any atom is -0.478 e. The van der Waals surface area contributed by atoms with Crippen LogP contribution in [0.3, 0.4) is 0 Å². The van der Waals surface area contributed by atoms with Crippen LogP contribution in [0.15, 0.2) is 30.9 Å². The molecule has 0 fully saturated rings. The summed E-state index contributed by atoms with van der Waals surface area (Å²) in [5.74, 6) is -1.15. The van der Waals surface area contributed by atoms with Gasteiger partial charge in [-0.3, -0.25) is 15.1 Å². The topological polar surface area (TPSA) is 111 Å². The molecule has 17 heavy (non-hydrogen) atoms. The number of pyridine rings is 1. The average molecular weight is 234 g/mol. The van der Waals surface area contributed by atoms with Crippen LogP contribution in [-0.2, 0) is 0 Å². The number of nitrogens with zero attached hydrogens (tertiary/aromatic N) is 4. The van der Waals surface area contributed by atoms with E-state index < -0.39 is 10.9 Å². The molecule has 0 aliphatic carbocycles. The second-order valence-electron chi connectivity index (χ2n) is 3.10. The number of aromatic carboxylic acids is 1. The Kier molecular flexibility index (Phi) is 2.53. The minimum absolute atomic E-state index is 0.0453. The molecule has 0 atom stereocenters. The lowest BCUT2D eigenvalue weighted by Gasteiger charge is -2.00. The van der Waals surface area contributed by atoms with Crippen LogP contribution < -0.4 is 0 Å². The van der Waals surface area contributed by atoms with Gasteiger partial charge in [-0.15, -0.1) is 0 Å². The van der Waals surface area contributed by atoms with Crippen molar-refractivity contribution in [3.63, 3.8) is 0 Å². The number of hydrogen-bond donors (Lipinski definition) is 1. The van der Waals surface area contributed by atoms with Gasteiger partial charge in [-0.05, 0) is 6.07 Å². The molecular weight excluding hydrogens is 228 g/mol. The van der Waals surface area contributed by atoms with Gasteiger partial charge in [0.1, 0.15) is 11.9 Å². The van der Waals surface area contributed by atoms with Crippen molar-refractivity contribution in [3.8, 4) is 5.69 Å². The van der Waals surface area contributed by atoms with Gasteiger partial charge in [0.05, 0.1) is 16.7 Å². The maximum Gasteiger partial charge on any atom is 0.338 e. The lowest BCUT2D eigenvalue weighted by Crippen LogP contribution is -2.01. The normalized spacial score (nSPS) is 10.1. The molecule has 8 heteroatoms. The first kappa shape index (κ1) is 10.7. The van der Waals surface area contributed by atoms with Crippen molar-refractivity contribution in [1.29, 1.82) is 0 Å². The highest BCUT2D eigenvalue weighted by Crippen LogP contribution is 2.20. The van der Waals surface area contributed by atoms with E-state index >= 15 is 0 Å². The van der Waals surface area contributed by atoms with Crippen LogP contribution in [0.4, 0.5) is 5.69 Å². The highest BCUT2D eigenvalue weighted by atomic mass is 16.6. The fourth-order valence-corrected chi connectivity index (χ4v) is 1.28. The number of carboxylic acids is 1. The lowest BCUT2D eigenvalue weighted by molar-refractivity contribution is -0.385. The first-order valence-electron chi connectivity index (χ1n) is 4.46. The summed E-state index contributed by atoms with van der Waals surface area (Å²) in [6.07, 6.45) is 4.76. The van der Waals surface area contributed by atoms with Crippen LogP contribution in [0.25, 0.3) is 5.69 Å². The molecule has 0 bridgehead atoms. The largest absolute Gasteiger partial charge is 0.478 e. The van der Waals surface area contributed by atoms with Crippen LogP contribution in [0, 0.1) is 10.1 Å². The Balaban J connectivity index is 2.52. The first-order valence-corrected chi connectivity index (χ1v) is 4.46. The number of nitro groups is 1. The molecule has 0 saturated carbocycles. The molecule has 86 valence electrons. The Morgan fingerprint density at radius 1 is 1.47 bits per heavy atom. The van der Waals surface area contributed by atoms with Crippen LogP contribution in [0.5, 0.6) is 0 Å². The molecule has 8 nitrogen and oxygen atoms in total. The summed E-state index contributed by atoms with van der Waals surface area (Å²) >= 11 is 0. The fraction of sp³-hybridized carbons (Fsp3) is 0. The van der Waals surface area contributed by atoms with E-state index in [4.69, 9.17) is 5.11 Å². The molecule has 0 spiro atoms. The molecule has 0 aliphatic heterocycles. The van der Waals surface area contributed by atoms with Crippen molar-refractivity contribution in [1.82, 2.24) is 14.8 Å². The van der Waals surface area contributed by atoms with E-state index in [1.165, 1.54) is 18.5 Å². The van der Waals surface area contributed by atoms with Crippen molar-refractivity contribution < 1.29 is 14.8 Å². The second-order valence-corrected chi connectivity index (χ2v) is 3.10. The first-order chi connectivity index (χ1) is 8.09. The molecule has 1 N–H and O–H groups in total. The van der Waals surface area contributed by atoms with Gasteiger partial charge in [0, 0.05) is 12.4 Å². The molecule has 2 heterocycles. The molecule has 2 aromatic heterocycles. The van der Waals surface area contributed by atoms with Gasteiger partial charge in [-0.2, -0.15) is 5.10 Å². The van der Waals surface area contributed by atoms with Gasteiger partial charge >= 0.3 is 11.7 Å². The Morgan fingerprint density at radius 2 is 2.24 bits per heavy atom. The van der Waals surface area contributed by atoms with E-state index in [2.05, 4.69) is 10.1 Å². The monoisotopic (exact) mass is 234 g/mol. The Morgan fingerprint density at radius 3 is 2.82 bits per heavy atom. The van der Waals surface area contributed by atoms with E-state index in [1.54, 1.807) is 0 Å². The molecule has 0 saturated heterocycles. The van der Waals surface area contributed by atoms with Crippen molar-refractivity contribution in [3.05, 3.63) is 46.5 Å². The lowest BCUT2D eigenvalue weighted by atomic mass is 10.3. The van der Waals surface area contributed by atoms with Gasteiger partial charge in [0.2, 0.25) is 0 Å². The fourth-order valence-electron chi connectivity index (χ4n) is 1.28. The Bertz CT molecular complexity index is 592. The summed E-state index contributed by atoms with van der Waals surface area (Å²) in [5, 5.41) is 23.2. The van der Waals surface area contributed by atoms with Gasteiger partial charge in [-0.1, -0.05) is 0 Å². The predicted octanol–water partition coefficient (Wildman–Crippen LogP) is 0.874. The zero-order valence-corrected chi connectivity index (χ0v) is 8.35. The summed E-state index contributed by atoms with van der Waals surface area (Å²) in [5.41, 5.74) is -0.124. The van der Waals surface area contributed by atoms with Crippen LogP contribution in [-0.4, -0.2) is 30.8 Å². The average Bonchev–Trinajstić information content (AvgIpc) is 2.78. The van der Waals surface area contributed by atoms with Crippen LogP contribution in [0.1, 0.15) is 10.4 Å². The van der Waals surface area contributed by atoms with E-state index in [0.717, 1.165) is 17.1 Å². The highest BCUT2D eigenvalue weighted by molar-refractivity contribution is 5.87. The minimum atomic E-state index is -1.15. The van der Waals surface area contributed by atoms with Crippen molar-refractivity contribution >= 4 is 11.7 Å². The number of aromatic nitrogens is 3. The van der Waals surface area contributed by atoms with Crippen molar-refractivity contribution in [2.45, 2.75) is 0 Å². The molecule has 0 aliphatic rings. The van der Waals surface area contributed by atoms with E-state index in [-0.39, 0.29) is 16.9 Å². The summed E-state index contributed by atoms with van der Waals surface area (Å²) in [6.45, 7) is 0. The molecule has 0 unspecified atom stereocenters. The summed E-state index contributed by atoms with van der Waals surface area (Å²) in [4.78, 5) is 24.4. The van der Waals surface area contributed by atoms with E-state index in [1.807, 2.05) is 0 Å². The van der Waals surface area contributed by atoms with Crippen LogP contribution in [0.2, 0.25) is 0 Å². The molecule has 2 aromatic rings. The second kappa shape index (κ2) is 4.00. The van der Waals surface area contributed by atoms with Gasteiger partial charge in [0.25, 0.3) is 0 Å². The molecular formula is C9H6N4O4. The number of carbonyl (C=O) groups is 1. The summed E-state index contributed by atoms with van der Waals surface area (Å²) < 4.78 is 1.13. The van der Waals surface area contributed by atoms with Crippen molar-refractivity contribution in [2.75, 3.05) is 0 Å². The van der Waals surface area contributed by atoms with Crippen molar-refractivity contribution in [2.24, 2.45) is 0 Å². The SMILES string of the molecule is O=C(O)c1cnn(-c2ccncc2[N+](=O)[O-])c1. The van der Waals surface area contributed by atoms with Gasteiger partial charge in [-0.25, -0.2) is 9.48 Å². The Hall–Kier alpha value is -2.77. The van der Waals surface area contributed by atoms with Crippen LogP contribution >= 0.6 is 0 Å². The standard InChI is InChI=1S/C9H6N4O4/c14-9(15)6-3-11-12(5-6)7-1-2-10-4-8(7)13(16)17/h1-5H,(H,14,15). The summed E-state index contributed by atoms with van der Waals surface area (Å²) in [7, 11) is 0. The van der Waals surface area contributed by atoms with Gasteiger partial charge in [0.15, 0.2) is 0 Å². The highest BCUT2D eigenvalue weighted by Gasteiger charge is 2.17. The number of rotatable bonds is 3. The zero-order valence-electron chi connectivity index (χ0n) is 8.35. The molecule has 0 amide bonds. The quantitative estimate of drug-likeness (QED) is 0.623. The molecule has 2 rings (SSSR count). The van der Waals surface area contributed by atoms with E-state index in [0.29, 0.717) is 0 Å². The smallest absolute Gasteiger partial charge is 0.338 e. The third-order valence-electron chi connectivity index (χ3n) is 2.05. The number of carboxylic acid groups (broad SMARTS) is 1. The third-order valence-corrected chi connectivity index (χ3v) is 2.05. The summed E-state index contributed by atoms with van der Waals surface area (Å²) in [6, 6.07) is 1.39.